The predicted molar refractivity (Wildman–Crippen MR) is 185 cm³/mol. The Morgan fingerprint density at radius 2 is 1.71 bits per heavy atom. The maximum absolute atomic E-state index is 13.0. The van der Waals surface area contributed by atoms with E-state index in [-0.39, 0.29) is 25.0 Å². The molecule has 1 atom stereocenters. The average Bonchev–Trinajstić information content (AvgIpc) is 3.75. The fourth-order valence-corrected chi connectivity index (χ4v) is 6.78. The zero-order chi connectivity index (χ0) is 34.5. The molecule has 2 aromatic heterocycles. The number of hydrogen-bond donors (Lipinski definition) is 2. The zero-order valence-electron chi connectivity index (χ0n) is 26.7. The number of anilines is 1. The number of carbonyl (C=O) groups is 4. The van der Waals surface area contributed by atoms with E-state index in [1.54, 1.807) is 75.4 Å². The Labute approximate surface area is 289 Å². The highest BCUT2D eigenvalue weighted by Gasteiger charge is 2.36. The first-order valence-electron chi connectivity index (χ1n) is 15.1. The number of aromatic nitrogens is 1. The molecule has 0 bridgehead atoms. The minimum absolute atomic E-state index is 0.112. The number of imide groups is 1. The number of hydrogen-bond acceptors (Lipinski definition) is 11. The summed E-state index contributed by atoms with van der Waals surface area (Å²) in [6, 6.07) is 23.8. The van der Waals surface area contributed by atoms with Gasteiger partial charge in [0.05, 0.1) is 46.5 Å². The van der Waals surface area contributed by atoms with E-state index in [4.69, 9.17) is 13.9 Å². The topological polar surface area (TPSA) is 152 Å². The monoisotopic (exact) mass is 697 g/mol. The Balaban J connectivity index is 1.06. The molecule has 250 valence electrons. The summed E-state index contributed by atoms with van der Waals surface area (Å²) < 4.78 is 18.3. The number of fused-ring (bicyclic) bond motifs is 2. The molecule has 3 aromatic carbocycles. The largest absolute Gasteiger partial charge is 0.448 e. The molecule has 5 aromatic rings. The van der Waals surface area contributed by atoms with Crippen LogP contribution in [0.5, 0.6) is 0 Å². The fourth-order valence-electron chi connectivity index (χ4n) is 4.78. The molecule has 1 aliphatic heterocycles. The molecule has 0 radical (unpaired) electrons. The quantitative estimate of drug-likeness (QED) is 0.0907. The van der Waals surface area contributed by atoms with Crippen LogP contribution in [0.25, 0.3) is 10.2 Å². The van der Waals surface area contributed by atoms with E-state index in [1.807, 2.05) is 30.3 Å². The second-order valence-corrected chi connectivity index (χ2v) is 14.1. The number of nitrogens with one attached hydrogen (secondary N) is 2. The number of furan rings is 1. The maximum Gasteiger partial charge on any atom is 0.408 e. The Morgan fingerprint density at radius 1 is 1.00 bits per heavy atom. The first-order chi connectivity index (χ1) is 23.5. The summed E-state index contributed by atoms with van der Waals surface area (Å²) in [5, 5.41) is 7.06. The van der Waals surface area contributed by atoms with Gasteiger partial charge < -0.3 is 19.2 Å². The number of alkyl carbamates (subject to hydrolysis) is 1. The lowest BCUT2D eigenvalue weighted by Gasteiger charge is -2.22. The highest BCUT2D eigenvalue weighted by Crippen LogP contribution is 2.37. The Kier molecular flexibility index (Phi) is 9.90. The third-order valence-electron chi connectivity index (χ3n) is 6.96. The van der Waals surface area contributed by atoms with Gasteiger partial charge in [-0.3, -0.25) is 14.4 Å². The highest BCUT2D eigenvalue weighted by atomic mass is 32.2. The van der Waals surface area contributed by atoms with Crippen molar-refractivity contribution in [2.75, 3.05) is 11.5 Å². The molecule has 0 unspecified atom stereocenters. The number of carbonyl (C=O) groups excluding carboxylic acids is 4. The van der Waals surface area contributed by atoms with Gasteiger partial charge in [0.1, 0.15) is 17.4 Å². The van der Waals surface area contributed by atoms with Gasteiger partial charge in [-0.05, 0) is 80.6 Å². The van der Waals surface area contributed by atoms with Crippen LogP contribution in [-0.4, -0.2) is 53.3 Å². The van der Waals surface area contributed by atoms with Crippen molar-refractivity contribution in [3.63, 3.8) is 0 Å². The van der Waals surface area contributed by atoms with Crippen LogP contribution >= 0.6 is 23.1 Å². The molecule has 0 saturated heterocycles. The maximum atomic E-state index is 13.0. The number of rotatable bonds is 11. The molecule has 0 fully saturated rings. The molecule has 1 aliphatic rings. The molecule has 3 heterocycles. The summed E-state index contributed by atoms with van der Waals surface area (Å²) in [4.78, 5) is 57.0. The molecular weight excluding hydrogens is 667 g/mol. The van der Waals surface area contributed by atoms with Gasteiger partial charge in [0.25, 0.3) is 17.7 Å². The van der Waals surface area contributed by atoms with Crippen LogP contribution < -0.4 is 15.6 Å². The number of hydrazone groups is 1. The van der Waals surface area contributed by atoms with Crippen molar-refractivity contribution in [2.24, 2.45) is 5.10 Å². The molecule has 0 saturated carbocycles. The molecule has 0 spiro atoms. The summed E-state index contributed by atoms with van der Waals surface area (Å²) >= 11 is 2.69. The number of ether oxygens (including phenoxy) is 2. The van der Waals surface area contributed by atoms with Gasteiger partial charge >= 0.3 is 6.09 Å². The van der Waals surface area contributed by atoms with Crippen molar-refractivity contribution in [3.05, 3.63) is 107 Å². The molecule has 0 aliphatic carbocycles. The van der Waals surface area contributed by atoms with E-state index >= 15 is 0 Å². The molecule has 49 heavy (non-hydrogen) atoms. The standard InChI is InChI=1S/C35H31N5O7S2/c1-35(2,3)47-33(44)37-27(20-45-19-21-9-5-4-6-10-21)30(41)39-36-18-23-14-16-29(46-23)49-34-38-26-15-13-22(17-28(26)48-34)40-31(42)24-11-7-8-12-25(24)32(40)43/h4-18,27H,19-20H2,1-3H3,(H,37,44)(H,39,41)/b36-18-/t27-/m0/s1. The van der Waals surface area contributed by atoms with Gasteiger partial charge in [-0.25, -0.2) is 20.1 Å². The van der Waals surface area contributed by atoms with Gasteiger partial charge in [-0.2, -0.15) is 5.10 Å². The summed E-state index contributed by atoms with van der Waals surface area (Å²) in [5.74, 6) is -0.947. The summed E-state index contributed by atoms with van der Waals surface area (Å²) in [5.41, 5.74) is 4.54. The first-order valence-corrected chi connectivity index (χ1v) is 16.8. The molecule has 12 nitrogen and oxygen atoms in total. The average molecular weight is 698 g/mol. The van der Waals surface area contributed by atoms with Crippen molar-refractivity contribution in [3.8, 4) is 0 Å². The van der Waals surface area contributed by atoms with Crippen LogP contribution in [0, 0.1) is 0 Å². The van der Waals surface area contributed by atoms with E-state index in [1.165, 1.54) is 34.2 Å². The van der Waals surface area contributed by atoms with Crippen LogP contribution in [0.15, 0.2) is 104 Å². The normalized spacial score (nSPS) is 13.6. The second kappa shape index (κ2) is 14.4. The summed E-state index contributed by atoms with van der Waals surface area (Å²) in [6.07, 6.45) is 0.576. The van der Waals surface area contributed by atoms with Gasteiger partial charge in [0.15, 0.2) is 9.43 Å². The van der Waals surface area contributed by atoms with E-state index in [0.29, 0.717) is 37.5 Å². The van der Waals surface area contributed by atoms with Gasteiger partial charge in [-0.1, -0.05) is 42.5 Å². The van der Waals surface area contributed by atoms with Crippen molar-refractivity contribution < 1.29 is 33.1 Å². The molecule has 2 N–H and O–H groups in total. The third kappa shape index (κ3) is 8.23. The van der Waals surface area contributed by atoms with Crippen LogP contribution in [0.2, 0.25) is 0 Å². The zero-order valence-corrected chi connectivity index (χ0v) is 28.3. The minimum atomic E-state index is -1.07. The van der Waals surface area contributed by atoms with E-state index in [9.17, 15) is 19.2 Å². The number of thiazole rings is 1. The van der Waals surface area contributed by atoms with Gasteiger partial charge in [-0.15, -0.1) is 11.3 Å². The van der Waals surface area contributed by atoms with Crippen LogP contribution in [-0.2, 0) is 20.9 Å². The fraction of sp³-hybridized carbons (Fsp3) is 0.200. The smallest absolute Gasteiger partial charge is 0.408 e. The second-order valence-electron chi connectivity index (χ2n) is 11.8. The first kappa shape index (κ1) is 33.6. The van der Waals surface area contributed by atoms with Crippen LogP contribution in [0.1, 0.15) is 52.8 Å². The molecule has 14 heteroatoms. The van der Waals surface area contributed by atoms with Crippen molar-refractivity contribution in [2.45, 2.75) is 48.5 Å². The number of nitrogens with zero attached hydrogens (tertiary/aromatic N) is 3. The van der Waals surface area contributed by atoms with E-state index < -0.39 is 23.6 Å². The SMILES string of the molecule is CC(C)(C)OC(=O)N[C@@H](COCc1ccccc1)C(=O)N/N=C\c1ccc(Sc2nc3ccc(N4C(=O)c5ccccc5C4=O)cc3s2)o1. The van der Waals surface area contributed by atoms with Crippen molar-refractivity contribution in [1.82, 2.24) is 15.7 Å². The molecule has 4 amide bonds. The Bertz CT molecular complexity index is 2020. The number of amides is 4. The van der Waals surface area contributed by atoms with E-state index in [2.05, 4.69) is 20.8 Å². The third-order valence-corrected chi connectivity index (χ3v) is 8.96. The van der Waals surface area contributed by atoms with E-state index in [0.717, 1.165) is 10.3 Å². The lowest BCUT2D eigenvalue weighted by Crippen LogP contribution is -2.49. The minimum Gasteiger partial charge on any atom is -0.448 e. The van der Waals surface area contributed by atoms with Crippen molar-refractivity contribution in [1.29, 1.82) is 0 Å². The lowest BCUT2D eigenvalue weighted by atomic mass is 10.1. The van der Waals surface area contributed by atoms with Crippen LogP contribution in [0.4, 0.5) is 10.5 Å². The van der Waals surface area contributed by atoms with Crippen LogP contribution in [0.3, 0.4) is 0 Å². The summed E-state index contributed by atoms with van der Waals surface area (Å²) in [7, 11) is 0. The molecular formula is C35H31N5O7S2. The predicted octanol–water partition coefficient (Wildman–Crippen LogP) is 6.40. The lowest BCUT2D eigenvalue weighted by molar-refractivity contribution is -0.124. The Morgan fingerprint density at radius 3 is 2.43 bits per heavy atom. The Hall–Kier alpha value is -5.31. The van der Waals surface area contributed by atoms with Gasteiger partial charge in [0.2, 0.25) is 0 Å². The highest BCUT2D eigenvalue weighted by molar-refractivity contribution is 8.01. The molecule has 6 rings (SSSR count). The summed E-state index contributed by atoms with van der Waals surface area (Å²) in [6.45, 7) is 5.31. The van der Waals surface area contributed by atoms with Gasteiger partial charge in [0, 0.05) is 0 Å². The number of benzene rings is 3. The van der Waals surface area contributed by atoms with Crippen molar-refractivity contribution >= 4 is 69.0 Å².